The quantitative estimate of drug-likeness (QED) is 0.813. The summed E-state index contributed by atoms with van der Waals surface area (Å²) in [5, 5.41) is 2.52. The maximum atomic E-state index is 11.7. The van der Waals surface area contributed by atoms with Crippen LogP contribution in [0.3, 0.4) is 0 Å². The maximum Gasteiger partial charge on any atom is 0.325 e. The molecule has 18 heavy (non-hydrogen) atoms. The highest BCUT2D eigenvalue weighted by Gasteiger charge is 2.08. The Morgan fingerprint density at radius 1 is 1.22 bits per heavy atom. The van der Waals surface area contributed by atoms with Gasteiger partial charge in [-0.1, -0.05) is 26.0 Å². The molecule has 1 amide bonds. The lowest BCUT2D eigenvalue weighted by molar-refractivity contribution is -0.141. The van der Waals surface area contributed by atoms with Crippen molar-refractivity contribution in [3.05, 3.63) is 35.4 Å². The molecule has 0 aliphatic carbocycles. The third-order valence-corrected chi connectivity index (χ3v) is 2.54. The van der Waals surface area contributed by atoms with Gasteiger partial charge in [-0.05, 0) is 30.5 Å². The van der Waals surface area contributed by atoms with Gasteiger partial charge in [0.1, 0.15) is 6.54 Å². The smallest absolute Gasteiger partial charge is 0.325 e. The second-order valence-electron chi connectivity index (χ2n) is 4.26. The fraction of sp³-hybridized carbons (Fsp3) is 0.429. The number of hydrogen-bond acceptors (Lipinski definition) is 3. The fourth-order valence-corrected chi connectivity index (χ4v) is 1.49. The molecular weight excluding hydrogens is 230 g/mol. The van der Waals surface area contributed by atoms with Crippen LogP contribution in [-0.4, -0.2) is 25.0 Å². The van der Waals surface area contributed by atoms with Crippen molar-refractivity contribution in [3.63, 3.8) is 0 Å². The largest absolute Gasteiger partial charge is 0.465 e. The fourth-order valence-electron chi connectivity index (χ4n) is 1.49. The highest BCUT2D eigenvalue weighted by molar-refractivity contribution is 5.95. The molecule has 1 aromatic carbocycles. The lowest BCUT2D eigenvalue weighted by Gasteiger charge is -2.07. The molecular formula is C14H19NO3. The minimum absolute atomic E-state index is 0.0986. The molecule has 0 heterocycles. The summed E-state index contributed by atoms with van der Waals surface area (Å²) in [6.07, 6.45) is 0. The molecule has 98 valence electrons. The maximum absolute atomic E-state index is 11.7. The molecule has 4 nitrogen and oxygen atoms in total. The van der Waals surface area contributed by atoms with Crippen molar-refractivity contribution in [2.24, 2.45) is 0 Å². The predicted molar refractivity (Wildman–Crippen MR) is 69.5 cm³/mol. The Morgan fingerprint density at radius 3 is 2.33 bits per heavy atom. The summed E-state index contributed by atoms with van der Waals surface area (Å²) in [5.74, 6) is -0.260. The minimum Gasteiger partial charge on any atom is -0.465 e. The van der Waals surface area contributed by atoms with Gasteiger partial charge in [-0.3, -0.25) is 9.59 Å². The van der Waals surface area contributed by atoms with E-state index in [9.17, 15) is 9.59 Å². The molecule has 0 radical (unpaired) electrons. The monoisotopic (exact) mass is 249 g/mol. The van der Waals surface area contributed by atoms with Crippen LogP contribution in [0.15, 0.2) is 24.3 Å². The molecule has 0 aromatic heterocycles. The molecule has 0 fully saturated rings. The number of esters is 1. The Morgan fingerprint density at radius 2 is 1.83 bits per heavy atom. The van der Waals surface area contributed by atoms with E-state index in [1.807, 2.05) is 12.1 Å². The molecule has 0 atom stereocenters. The lowest BCUT2D eigenvalue weighted by Crippen LogP contribution is -2.30. The number of hydrogen-bond donors (Lipinski definition) is 1. The van der Waals surface area contributed by atoms with Gasteiger partial charge in [-0.25, -0.2) is 0 Å². The lowest BCUT2D eigenvalue weighted by atomic mass is 10.0. The Labute approximate surface area is 107 Å². The molecule has 0 bridgehead atoms. The first kappa shape index (κ1) is 14.2. The van der Waals surface area contributed by atoms with E-state index in [0.29, 0.717) is 18.1 Å². The number of benzene rings is 1. The zero-order chi connectivity index (χ0) is 13.5. The van der Waals surface area contributed by atoms with Crippen LogP contribution in [-0.2, 0) is 9.53 Å². The molecule has 1 aromatic rings. The van der Waals surface area contributed by atoms with Crippen molar-refractivity contribution in [1.82, 2.24) is 5.32 Å². The van der Waals surface area contributed by atoms with Crippen LogP contribution in [0.4, 0.5) is 0 Å². The average Bonchev–Trinajstić information content (AvgIpc) is 2.36. The molecule has 0 spiro atoms. The molecule has 1 N–H and O–H groups in total. The Balaban J connectivity index is 2.54. The first-order valence-electron chi connectivity index (χ1n) is 6.08. The van der Waals surface area contributed by atoms with Crippen molar-refractivity contribution < 1.29 is 14.3 Å². The van der Waals surface area contributed by atoms with Gasteiger partial charge in [-0.15, -0.1) is 0 Å². The van der Waals surface area contributed by atoms with Gasteiger partial charge < -0.3 is 10.1 Å². The van der Waals surface area contributed by atoms with E-state index in [1.165, 1.54) is 5.56 Å². The van der Waals surface area contributed by atoms with Crippen molar-refractivity contribution >= 4 is 11.9 Å². The van der Waals surface area contributed by atoms with Gasteiger partial charge in [0, 0.05) is 5.56 Å². The second-order valence-corrected chi connectivity index (χ2v) is 4.26. The molecule has 1 rings (SSSR count). The average molecular weight is 249 g/mol. The van der Waals surface area contributed by atoms with E-state index in [1.54, 1.807) is 19.1 Å². The summed E-state index contributed by atoms with van der Waals surface area (Å²) in [5.41, 5.74) is 1.72. The van der Waals surface area contributed by atoms with E-state index < -0.39 is 5.97 Å². The van der Waals surface area contributed by atoms with Gasteiger partial charge in [0.05, 0.1) is 6.61 Å². The summed E-state index contributed by atoms with van der Waals surface area (Å²) in [4.78, 5) is 22.8. The van der Waals surface area contributed by atoms with E-state index in [-0.39, 0.29) is 12.5 Å². The predicted octanol–water partition coefficient (Wildman–Crippen LogP) is 2.10. The van der Waals surface area contributed by atoms with Crippen molar-refractivity contribution in [1.29, 1.82) is 0 Å². The van der Waals surface area contributed by atoms with E-state index in [4.69, 9.17) is 4.74 Å². The third kappa shape index (κ3) is 4.20. The number of nitrogens with one attached hydrogen (secondary N) is 1. The summed E-state index contributed by atoms with van der Waals surface area (Å²) < 4.78 is 4.73. The zero-order valence-electron chi connectivity index (χ0n) is 11.0. The van der Waals surface area contributed by atoms with E-state index in [0.717, 1.165) is 0 Å². The molecule has 0 aliphatic heterocycles. The van der Waals surface area contributed by atoms with Gasteiger partial charge in [0.2, 0.25) is 0 Å². The van der Waals surface area contributed by atoms with Crippen LogP contribution in [0.1, 0.15) is 42.6 Å². The van der Waals surface area contributed by atoms with E-state index >= 15 is 0 Å². The van der Waals surface area contributed by atoms with E-state index in [2.05, 4.69) is 19.2 Å². The Kier molecular flexibility index (Phi) is 5.36. The first-order valence-corrected chi connectivity index (χ1v) is 6.08. The summed E-state index contributed by atoms with van der Waals surface area (Å²) in [7, 11) is 0. The highest BCUT2D eigenvalue weighted by Crippen LogP contribution is 2.14. The summed E-state index contributed by atoms with van der Waals surface area (Å²) >= 11 is 0. The zero-order valence-corrected chi connectivity index (χ0v) is 11.0. The van der Waals surface area contributed by atoms with Crippen LogP contribution >= 0.6 is 0 Å². The van der Waals surface area contributed by atoms with Crippen LogP contribution < -0.4 is 5.32 Å². The van der Waals surface area contributed by atoms with Crippen molar-refractivity contribution in [2.75, 3.05) is 13.2 Å². The normalized spacial score (nSPS) is 10.2. The number of carbonyl (C=O) groups excluding carboxylic acids is 2. The van der Waals surface area contributed by atoms with Crippen LogP contribution in [0, 0.1) is 0 Å². The van der Waals surface area contributed by atoms with Crippen LogP contribution in [0.25, 0.3) is 0 Å². The van der Waals surface area contributed by atoms with Crippen molar-refractivity contribution in [2.45, 2.75) is 26.7 Å². The molecule has 0 saturated heterocycles. The Hall–Kier alpha value is -1.84. The highest BCUT2D eigenvalue weighted by atomic mass is 16.5. The van der Waals surface area contributed by atoms with Crippen molar-refractivity contribution in [3.8, 4) is 0 Å². The first-order chi connectivity index (χ1) is 8.54. The summed E-state index contributed by atoms with van der Waals surface area (Å²) in [6, 6.07) is 7.36. The standard InChI is InChI=1S/C14H19NO3/c1-4-18-13(16)9-15-14(17)12-7-5-11(6-8-12)10(2)3/h5-8,10H,4,9H2,1-3H3,(H,15,17). The second kappa shape index (κ2) is 6.79. The minimum atomic E-state index is -0.426. The van der Waals surface area contributed by atoms with Gasteiger partial charge in [0.15, 0.2) is 0 Å². The van der Waals surface area contributed by atoms with Crippen LogP contribution in [0.2, 0.25) is 0 Å². The third-order valence-electron chi connectivity index (χ3n) is 2.54. The van der Waals surface area contributed by atoms with Crippen LogP contribution in [0.5, 0.6) is 0 Å². The summed E-state index contributed by atoms with van der Waals surface area (Å²) in [6.45, 7) is 6.13. The van der Waals surface area contributed by atoms with Gasteiger partial charge >= 0.3 is 5.97 Å². The molecule has 0 unspecified atom stereocenters. The van der Waals surface area contributed by atoms with Gasteiger partial charge in [0.25, 0.3) is 5.91 Å². The molecule has 4 heteroatoms. The topological polar surface area (TPSA) is 55.4 Å². The molecule has 0 aliphatic rings. The number of carbonyl (C=O) groups is 2. The number of amides is 1. The number of rotatable bonds is 5. The number of ether oxygens (including phenoxy) is 1. The Bertz CT molecular complexity index is 410. The van der Waals surface area contributed by atoms with Gasteiger partial charge in [-0.2, -0.15) is 0 Å². The molecule has 0 saturated carbocycles. The SMILES string of the molecule is CCOC(=O)CNC(=O)c1ccc(C(C)C)cc1.